The molecule has 0 aliphatic rings. The Bertz CT molecular complexity index is 479. The maximum atomic E-state index is 7.82. The van der Waals surface area contributed by atoms with Gasteiger partial charge in [-0.15, -0.1) is 0 Å². The second-order valence-electron chi connectivity index (χ2n) is 3.86. The van der Waals surface area contributed by atoms with Crippen LogP contribution in [-0.4, -0.2) is 6.61 Å². The summed E-state index contributed by atoms with van der Waals surface area (Å²) < 4.78 is 5.73. The smallest absolute Gasteiger partial charge is 0.127 e. The first-order chi connectivity index (χ1) is 7.83. The number of unbranched alkanes of at least 4 members (excludes halogenated alkanes) is 1. The molecule has 16 heavy (non-hydrogen) atoms. The van der Waals surface area contributed by atoms with E-state index in [1.807, 2.05) is 30.3 Å². The van der Waals surface area contributed by atoms with Gasteiger partial charge in [0.05, 0.1) is 12.3 Å². The van der Waals surface area contributed by atoms with Gasteiger partial charge in [-0.2, -0.15) is 0 Å². The molecule has 0 bridgehead atoms. The third-order valence-corrected chi connectivity index (χ3v) is 2.64. The quantitative estimate of drug-likeness (QED) is 0.710. The Balaban J connectivity index is 2.34. The highest BCUT2D eigenvalue weighted by Crippen LogP contribution is 2.29. The van der Waals surface area contributed by atoms with E-state index in [1.54, 1.807) is 6.07 Å². The molecule has 2 aromatic carbocycles. The van der Waals surface area contributed by atoms with Gasteiger partial charge < -0.3 is 10.5 Å². The van der Waals surface area contributed by atoms with E-state index in [-0.39, 0.29) is 0 Å². The van der Waals surface area contributed by atoms with E-state index in [0.717, 1.165) is 36.0 Å². The van der Waals surface area contributed by atoms with Crippen LogP contribution in [0, 0.1) is 0 Å². The van der Waals surface area contributed by atoms with E-state index in [1.165, 1.54) is 0 Å². The highest BCUT2D eigenvalue weighted by atomic mass is 16.5. The van der Waals surface area contributed by atoms with Crippen LogP contribution >= 0.6 is 0 Å². The fourth-order valence-corrected chi connectivity index (χ4v) is 1.73. The summed E-state index contributed by atoms with van der Waals surface area (Å²) in [6, 6.07) is 11.6. The average Bonchev–Trinajstić information content (AvgIpc) is 2.31. The molecule has 0 saturated heterocycles. The summed E-state index contributed by atoms with van der Waals surface area (Å²) in [5.41, 5.74) is 8.37. The van der Waals surface area contributed by atoms with Crippen molar-refractivity contribution in [3.05, 3.63) is 36.4 Å². The molecule has 2 heteroatoms. The molecule has 0 atom stereocenters. The standard InChI is InChI=1S/C14H16NO/c1-2-3-10-16-14-9-5-6-11-12(14)7-4-8-13(11)15/h4-9,15H,2-3,10H2,1H3. The van der Waals surface area contributed by atoms with Crippen molar-refractivity contribution in [2.24, 2.45) is 0 Å². The minimum atomic E-state index is 0.554. The lowest BCUT2D eigenvalue weighted by Crippen LogP contribution is -1.96. The maximum Gasteiger partial charge on any atom is 0.127 e. The lowest BCUT2D eigenvalue weighted by atomic mass is 10.1. The zero-order chi connectivity index (χ0) is 11.4. The number of nitrogens with one attached hydrogen (secondary N) is 1. The Kier molecular flexibility index (Phi) is 3.30. The van der Waals surface area contributed by atoms with Crippen LogP contribution in [0.5, 0.6) is 5.75 Å². The Morgan fingerprint density at radius 3 is 2.62 bits per heavy atom. The molecule has 1 N–H and O–H groups in total. The minimum absolute atomic E-state index is 0.554. The Labute approximate surface area is 96.0 Å². The molecule has 0 fully saturated rings. The average molecular weight is 214 g/mol. The molecule has 2 rings (SSSR count). The van der Waals surface area contributed by atoms with Crippen molar-refractivity contribution in [1.82, 2.24) is 5.73 Å². The molecule has 0 aromatic heterocycles. The highest BCUT2D eigenvalue weighted by Gasteiger charge is 2.03. The third kappa shape index (κ3) is 2.11. The molecule has 0 aliphatic heterocycles. The molecule has 0 spiro atoms. The molecular formula is C14H16NO. The molecule has 83 valence electrons. The van der Waals surface area contributed by atoms with Crippen LogP contribution in [0.25, 0.3) is 10.8 Å². The minimum Gasteiger partial charge on any atom is -0.493 e. The molecule has 0 aliphatic carbocycles. The lowest BCUT2D eigenvalue weighted by molar-refractivity contribution is 0.313. The van der Waals surface area contributed by atoms with Crippen molar-refractivity contribution in [3.63, 3.8) is 0 Å². The summed E-state index contributed by atoms with van der Waals surface area (Å²) in [4.78, 5) is 0. The highest BCUT2D eigenvalue weighted by molar-refractivity contribution is 5.95. The molecular weight excluding hydrogens is 198 g/mol. The fraction of sp³-hybridized carbons (Fsp3) is 0.286. The largest absolute Gasteiger partial charge is 0.493 e. The lowest BCUT2D eigenvalue weighted by Gasteiger charge is -2.09. The number of ether oxygens (including phenoxy) is 1. The van der Waals surface area contributed by atoms with Gasteiger partial charge in [-0.05, 0) is 18.6 Å². The summed E-state index contributed by atoms with van der Waals surface area (Å²) in [5, 5.41) is 1.99. The molecule has 1 radical (unpaired) electrons. The zero-order valence-corrected chi connectivity index (χ0v) is 9.49. The van der Waals surface area contributed by atoms with Crippen molar-refractivity contribution in [3.8, 4) is 5.75 Å². The van der Waals surface area contributed by atoms with E-state index in [4.69, 9.17) is 10.5 Å². The topological polar surface area (TPSA) is 33.0 Å². The number of hydrogen-bond donors (Lipinski definition) is 0. The van der Waals surface area contributed by atoms with E-state index in [9.17, 15) is 0 Å². The number of fused-ring (bicyclic) bond motifs is 1. The Morgan fingerprint density at radius 1 is 1.06 bits per heavy atom. The van der Waals surface area contributed by atoms with Gasteiger partial charge in [0.1, 0.15) is 5.75 Å². The van der Waals surface area contributed by atoms with Crippen molar-refractivity contribution >= 4 is 16.5 Å². The summed E-state index contributed by atoms with van der Waals surface area (Å²) in [7, 11) is 0. The summed E-state index contributed by atoms with van der Waals surface area (Å²) in [5.74, 6) is 0.889. The Hall–Kier alpha value is -1.70. The first-order valence-electron chi connectivity index (χ1n) is 5.69. The molecule has 2 aromatic rings. The van der Waals surface area contributed by atoms with Gasteiger partial charge in [-0.3, -0.25) is 0 Å². The van der Waals surface area contributed by atoms with Gasteiger partial charge in [-0.1, -0.05) is 37.6 Å². The predicted octanol–water partition coefficient (Wildman–Crippen LogP) is 3.93. The van der Waals surface area contributed by atoms with Crippen molar-refractivity contribution < 1.29 is 4.74 Å². The molecule has 0 heterocycles. The second kappa shape index (κ2) is 4.88. The first kappa shape index (κ1) is 10.8. The van der Waals surface area contributed by atoms with Gasteiger partial charge in [-0.25, -0.2) is 0 Å². The van der Waals surface area contributed by atoms with Crippen LogP contribution in [0.15, 0.2) is 36.4 Å². The van der Waals surface area contributed by atoms with Crippen molar-refractivity contribution in [1.29, 1.82) is 0 Å². The summed E-state index contributed by atoms with van der Waals surface area (Å²) >= 11 is 0. The van der Waals surface area contributed by atoms with E-state index in [0.29, 0.717) is 5.69 Å². The van der Waals surface area contributed by atoms with Gasteiger partial charge >= 0.3 is 0 Å². The molecule has 0 unspecified atom stereocenters. The van der Waals surface area contributed by atoms with Crippen LogP contribution in [0.4, 0.5) is 5.69 Å². The Morgan fingerprint density at radius 2 is 1.81 bits per heavy atom. The zero-order valence-electron chi connectivity index (χ0n) is 9.49. The van der Waals surface area contributed by atoms with Crippen LogP contribution in [-0.2, 0) is 0 Å². The molecule has 2 nitrogen and oxygen atoms in total. The van der Waals surface area contributed by atoms with Gasteiger partial charge in [0.2, 0.25) is 0 Å². The summed E-state index contributed by atoms with van der Waals surface area (Å²) in [6.07, 6.45) is 2.20. The SMILES string of the molecule is CCCCOc1cccc2c([NH])cccc12. The number of benzene rings is 2. The third-order valence-electron chi connectivity index (χ3n) is 2.64. The van der Waals surface area contributed by atoms with Gasteiger partial charge in [0.15, 0.2) is 0 Å². The fourth-order valence-electron chi connectivity index (χ4n) is 1.73. The molecule has 0 amide bonds. The van der Waals surface area contributed by atoms with Crippen molar-refractivity contribution in [2.75, 3.05) is 6.61 Å². The van der Waals surface area contributed by atoms with Crippen LogP contribution in [0.2, 0.25) is 0 Å². The number of hydrogen-bond acceptors (Lipinski definition) is 1. The number of rotatable bonds is 4. The van der Waals surface area contributed by atoms with Gasteiger partial charge in [0, 0.05) is 10.8 Å². The molecule has 0 saturated carbocycles. The monoisotopic (exact) mass is 214 g/mol. The van der Waals surface area contributed by atoms with Gasteiger partial charge in [0.25, 0.3) is 0 Å². The predicted molar refractivity (Wildman–Crippen MR) is 67.1 cm³/mol. The van der Waals surface area contributed by atoms with Crippen LogP contribution in [0.1, 0.15) is 19.8 Å². The first-order valence-corrected chi connectivity index (χ1v) is 5.69. The van der Waals surface area contributed by atoms with E-state index in [2.05, 4.69) is 6.92 Å². The summed E-state index contributed by atoms with van der Waals surface area (Å²) in [6.45, 7) is 2.90. The van der Waals surface area contributed by atoms with Crippen molar-refractivity contribution in [2.45, 2.75) is 19.8 Å². The second-order valence-corrected chi connectivity index (χ2v) is 3.86. The van der Waals surface area contributed by atoms with E-state index >= 15 is 0 Å². The maximum absolute atomic E-state index is 7.82. The van der Waals surface area contributed by atoms with Crippen LogP contribution in [0.3, 0.4) is 0 Å². The van der Waals surface area contributed by atoms with E-state index < -0.39 is 0 Å². The van der Waals surface area contributed by atoms with Crippen LogP contribution < -0.4 is 10.5 Å². The normalized spacial score (nSPS) is 10.6.